The number of piperidine rings is 1. The molecular formula is C20H26N6O3. The van der Waals surface area contributed by atoms with Crippen LogP contribution in [0.15, 0.2) is 18.3 Å². The molecule has 0 unspecified atom stereocenters. The van der Waals surface area contributed by atoms with Crippen molar-refractivity contribution in [2.75, 3.05) is 24.5 Å². The molecule has 1 aromatic heterocycles. The molecule has 0 radical (unpaired) electrons. The molecule has 9 nitrogen and oxygen atoms in total. The highest BCUT2D eigenvalue weighted by atomic mass is 16.4. The van der Waals surface area contributed by atoms with E-state index in [1.54, 1.807) is 6.07 Å². The number of carbonyl (C=O) groups is 2. The summed E-state index contributed by atoms with van der Waals surface area (Å²) in [6.45, 7) is 3.59. The highest BCUT2D eigenvalue weighted by Crippen LogP contribution is 2.26. The Labute approximate surface area is 169 Å². The monoisotopic (exact) mass is 398 g/mol. The molecule has 9 heteroatoms. The van der Waals surface area contributed by atoms with E-state index < -0.39 is 12.0 Å². The van der Waals surface area contributed by atoms with Gasteiger partial charge in [-0.2, -0.15) is 5.26 Å². The van der Waals surface area contributed by atoms with Crippen molar-refractivity contribution >= 4 is 23.9 Å². The molecule has 3 N–H and O–H groups in total. The van der Waals surface area contributed by atoms with Crippen molar-refractivity contribution in [1.29, 1.82) is 10.7 Å². The number of hydrogen-bond donors (Lipinski definition) is 3. The smallest absolute Gasteiger partial charge is 0.335 e. The molecule has 3 heterocycles. The zero-order valence-corrected chi connectivity index (χ0v) is 16.5. The van der Waals surface area contributed by atoms with Crippen molar-refractivity contribution in [2.24, 2.45) is 0 Å². The van der Waals surface area contributed by atoms with Gasteiger partial charge in [0.1, 0.15) is 11.9 Å². The summed E-state index contributed by atoms with van der Waals surface area (Å²) in [5.41, 5.74) is -0.0241. The number of aromatic carboxylic acids is 1. The Morgan fingerprint density at radius 3 is 2.79 bits per heavy atom. The lowest BCUT2D eigenvalue weighted by Gasteiger charge is -2.41. The first-order valence-corrected chi connectivity index (χ1v) is 9.77. The lowest BCUT2D eigenvalue weighted by Crippen LogP contribution is -2.55. The Morgan fingerprint density at radius 1 is 1.45 bits per heavy atom. The van der Waals surface area contributed by atoms with E-state index in [1.807, 2.05) is 0 Å². The van der Waals surface area contributed by atoms with Gasteiger partial charge < -0.3 is 25.6 Å². The molecule has 3 rings (SSSR count). The summed E-state index contributed by atoms with van der Waals surface area (Å²) in [7, 11) is 0. The zero-order valence-electron chi connectivity index (χ0n) is 16.5. The van der Waals surface area contributed by atoms with Crippen LogP contribution in [0.1, 0.15) is 43.0 Å². The van der Waals surface area contributed by atoms with Crippen LogP contribution < -0.4 is 10.2 Å². The Morgan fingerprint density at radius 2 is 2.17 bits per heavy atom. The second kappa shape index (κ2) is 8.57. The van der Waals surface area contributed by atoms with Gasteiger partial charge in [0.25, 0.3) is 0 Å². The van der Waals surface area contributed by atoms with E-state index in [0.29, 0.717) is 31.7 Å². The highest BCUT2D eigenvalue weighted by molar-refractivity contribution is 5.88. The maximum absolute atomic E-state index is 12.7. The molecule has 2 atom stereocenters. The molecule has 0 bridgehead atoms. The fourth-order valence-corrected chi connectivity index (χ4v) is 4.00. The van der Waals surface area contributed by atoms with E-state index in [0.717, 1.165) is 12.8 Å². The number of anilines is 1. The second-order valence-electron chi connectivity index (χ2n) is 7.87. The third kappa shape index (κ3) is 4.54. The predicted octanol–water partition coefficient (Wildman–Crippen LogP) is 1.26. The zero-order chi connectivity index (χ0) is 21.0. The number of nitrogens with zero attached hydrogens (tertiary/aromatic N) is 4. The first-order valence-electron chi connectivity index (χ1n) is 9.77. The molecule has 0 aromatic carbocycles. The lowest BCUT2D eigenvalue weighted by molar-refractivity contribution is -0.131. The molecule has 2 fully saturated rings. The molecule has 0 aliphatic carbocycles. The van der Waals surface area contributed by atoms with Crippen LogP contribution in [0.25, 0.3) is 0 Å². The minimum atomic E-state index is -0.975. The van der Waals surface area contributed by atoms with Gasteiger partial charge in [0, 0.05) is 31.0 Å². The molecule has 2 aliphatic rings. The molecule has 29 heavy (non-hydrogen) atoms. The van der Waals surface area contributed by atoms with Crippen LogP contribution in [0.5, 0.6) is 0 Å². The quantitative estimate of drug-likeness (QED) is 0.614. The van der Waals surface area contributed by atoms with E-state index in [9.17, 15) is 14.9 Å². The van der Waals surface area contributed by atoms with Crippen LogP contribution in [-0.2, 0) is 4.79 Å². The third-order valence-corrected chi connectivity index (χ3v) is 5.91. The highest BCUT2D eigenvalue weighted by Gasteiger charge is 2.37. The number of nitriles is 1. The number of nitrogens with one attached hydrogen (secondary N) is 2. The van der Waals surface area contributed by atoms with Crippen LogP contribution in [0.2, 0.25) is 0 Å². The molecule has 0 saturated carbocycles. The van der Waals surface area contributed by atoms with Crippen LogP contribution >= 0.6 is 0 Å². The Kier molecular flexibility index (Phi) is 6.13. The van der Waals surface area contributed by atoms with E-state index in [4.69, 9.17) is 10.5 Å². The van der Waals surface area contributed by atoms with Gasteiger partial charge in [0.15, 0.2) is 0 Å². The van der Waals surface area contributed by atoms with Crippen molar-refractivity contribution in [2.45, 2.75) is 50.2 Å². The number of amides is 1. The first-order chi connectivity index (χ1) is 13.9. The predicted molar refractivity (Wildman–Crippen MR) is 107 cm³/mol. The number of likely N-dealkylation sites (tertiary alicyclic amines) is 1. The summed E-state index contributed by atoms with van der Waals surface area (Å²) in [6.07, 6.45) is 5.56. The average molecular weight is 398 g/mol. The first kappa shape index (κ1) is 20.7. The summed E-state index contributed by atoms with van der Waals surface area (Å²) in [4.78, 5) is 31.7. The number of pyridine rings is 1. The minimum Gasteiger partial charge on any atom is -0.478 e. The number of hydrogen-bond acceptors (Lipinski definition) is 7. The van der Waals surface area contributed by atoms with E-state index in [2.05, 4.69) is 28.2 Å². The maximum atomic E-state index is 12.7. The average Bonchev–Trinajstić information content (AvgIpc) is 3.16. The Balaban J connectivity index is 1.56. The number of rotatable bonds is 6. The number of carbonyl (C=O) groups excluding carboxylic acids is 1. The summed E-state index contributed by atoms with van der Waals surface area (Å²) in [5, 5.41) is 29.3. The second-order valence-corrected chi connectivity index (χ2v) is 7.87. The van der Waals surface area contributed by atoms with Crippen LogP contribution in [-0.4, -0.2) is 70.3 Å². The molecule has 0 spiro atoms. The van der Waals surface area contributed by atoms with Gasteiger partial charge in [-0.25, -0.2) is 9.78 Å². The van der Waals surface area contributed by atoms with Gasteiger partial charge in [-0.05, 0) is 44.7 Å². The fourth-order valence-electron chi connectivity index (χ4n) is 4.00. The minimum absolute atomic E-state index is 0.131. The van der Waals surface area contributed by atoms with Crippen LogP contribution in [0.3, 0.4) is 0 Å². The lowest BCUT2D eigenvalue weighted by atomic mass is 9.89. The topological polar surface area (TPSA) is 133 Å². The summed E-state index contributed by atoms with van der Waals surface area (Å²) >= 11 is 0. The summed E-state index contributed by atoms with van der Waals surface area (Å²) in [5.74, 6) is -0.482. The molecule has 1 amide bonds. The van der Waals surface area contributed by atoms with Gasteiger partial charge in [0.2, 0.25) is 5.91 Å². The van der Waals surface area contributed by atoms with Gasteiger partial charge in [-0.15, -0.1) is 0 Å². The SMILES string of the molecule is CC1(NCC(=O)N2[C@H](C=N)CC[C@@H]2C#N)CCN(c2cc(C(=O)O)ccn2)CC1. The largest absolute Gasteiger partial charge is 0.478 e. The molecule has 2 aliphatic heterocycles. The number of carboxylic acids is 1. The standard InChI is InChI=1S/C20H26N6O3/c1-20(24-13-18(27)26-15(11-21)2-3-16(26)12-22)5-8-25(9-6-20)17-10-14(19(28)29)4-7-23-17/h4,7,10-11,15-16,21,24H,2-3,5-6,8-9,13H2,1H3,(H,28,29)/t15-,16+/m0/s1. The van der Waals surface area contributed by atoms with Crippen molar-refractivity contribution < 1.29 is 14.7 Å². The molecule has 154 valence electrons. The fraction of sp³-hybridized carbons (Fsp3) is 0.550. The molecule has 1 aromatic rings. The van der Waals surface area contributed by atoms with Crippen molar-refractivity contribution in [3.8, 4) is 6.07 Å². The maximum Gasteiger partial charge on any atom is 0.335 e. The van der Waals surface area contributed by atoms with Gasteiger partial charge in [-0.3, -0.25) is 4.79 Å². The van der Waals surface area contributed by atoms with E-state index >= 15 is 0 Å². The van der Waals surface area contributed by atoms with E-state index in [-0.39, 0.29) is 29.6 Å². The third-order valence-electron chi connectivity index (χ3n) is 5.91. The normalized spacial score (nSPS) is 23.4. The van der Waals surface area contributed by atoms with Gasteiger partial charge in [-0.1, -0.05) is 0 Å². The van der Waals surface area contributed by atoms with Gasteiger partial charge in [0.05, 0.1) is 24.2 Å². The molecular weight excluding hydrogens is 372 g/mol. The van der Waals surface area contributed by atoms with Crippen molar-refractivity contribution in [1.82, 2.24) is 15.2 Å². The Bertz CT molecular complexity index is 828. The van der Waals surface area contributed by atoms with Gasteiger partial charge >= 0.3 is 5.97 Å². The summed E-state index contributed by atoms with van der Waals surface area (Å²) in [6, 6.07) is 4.46. The molecule has 2 saturated heterocycles. The summed E-state index contributed by atoms with van der Waals surface area (Å²) < 4.78 is 0. The van der Waals surface area contributed by atoms with E-state index in [1.165, 1.54) is 23.4 Å². The van der Waals surface area contributed by atoms with Crippen LogP contribution in [0.4, 0.5) is 5.82 Å². The number of aromatic nitrogens is 1. The van der Waals surface area contributed by atoms with Crippen molar-refractivity contribution in [3.05, 3.63) is 23.9 Å². The van der Waals surface area contributed by atoms with Crippen LogP contribution in [0, 0.1) is 16.7 Å². The van der Waals surface area contributed by atoms with Crippen molar-refractivity contribution in [3.63, 3.8) is 0 Å². The Hall–Kier alpha value is -2.99. The number of carboxylic acid groups (broad SMARTS) is 1.